The van der Waals surface area contributed by atoms with Gasteiger partial charge in [0.25, 0.3) is 0 Å². The van der Waals surface area contributed by atoms with Gasteiger partial charge in [-0.25, -0.2) is 4.98 Å². The highest BCUT2D eigenvalue weighted by atomic mass is 35.5. The summed E-state index contributed by atoms with van der Waals surface area (Å²) < 4.78 is 0. The lowest BCUT2D eigenvalue weighted by molar-refractivity contribution is 0.470. The molecule has 3 heterocycles. The first-order valence-electron chi connectivity index (χ1n) is 5.78. The highest BCUT2D eigenvalue weighted by Gasteiger charge is 2.41. The Morgan fingerprint density at radius 3 is 2.56 bits per heavy atom. The van der Waals surface area contributed by atoms with E-state index in [1.54, 1.807) is 0 Å². The van der Waals surface area contributed by atoms with Gasteiger partial charge in [0.15, 0.2) is 0 Å². The van der Waals surface area contributed by atoms with Crippen LogP contribution in [0, 0.1) is 0 Å². The number of pyridine rings is 1. The number of halogens is 2. The van der Waals surface area contributed by atoms with Crippen molar-refractivity contribution in [3.05, 3.63) is 23.4 Å². The van der Waals surface area contributed by atoms with Gasteiger partial charge in [-0.1, -0.05) is 11.6 Å². The smallest absolute Gasteiger partial charge is 0.147 e. The second-order valence-corrected chi connectivity index (χ2v) is 5.69. The molecular weight excluding hydrogens is 243 g/mol. The zero-order chi connectivity index (χ0) is 11.1. The summed E-state index contributed by atoms with van der Waals surface area (Å²) in [6, 6.07) is 4.86. The van der Waals surface area contributed by atoms with Gasteiger partial charge in [-0.2, -0.15) is 0 Å². The molecule has 0 aliphatic carbocycles. The summed E-state index contributed by atoms with van der Waals surface area (Å²) in [6.45, 7) is 0. The molecule has 0 radical (unpaired) electrons. The molecule has 3 rings (SSSR count). The molecule has 2 fully saturated rings. The van der Waals surface area contributed by atoms with E-state index in [2.05, 4.69) is 9.88 Å². The standard InChI is InChI=1S/C12H14Cl2N2/c13-8-6-9-3-4-10(7-8)16(9)12-11(14)2-1-5-15-12/h1-2,5,8-10H,3-4,6-7H2. The summed E-state index contributed by atoms with van der Waals surface area (Å²) in [7, 11) is 0. The highest BCUT2D eigenvalue weighted by molar-refractivity contribution is 6.33. The van der Waals surface area contributed by atoms with Gasteiger partial charge in [-0.3, -0.25) is 0 Å². The molecule has 4 heteroatoms. The van der Waals surface area contributed by atoms with Crippen molar-refractivity contribution >= 4 is 29.0 Å². The normalized spacial score (nSPS) is 33.1. The van der Waals surface area contributed by atoms with E-state index in [0.717, 1.165) is 23.7 Å². The van der Waals surface area contributed by atoms with E-state index in [9.17, 15) is 0 Å². The number of hydrogen-bond donors (Lipinski definition) is 0. The minimum absolute atomic E-state index is 0.330. The number of aromatic nitrogens is 1. The summed E-state index contributed by atoms with van der Waals surface area (Å²) in [5.41, 5.74) is 0. The molecule has 86 valence electrons. The number of nitrogens with zero attached hydrogens (tertiary/aromatic N) is 2. The van der Waals surface area contributed by atoms with Crippen LogP contribution in [0.5, 0.6) is 0 Å². The largest absolute Gasteiger partial charge is 0.349 e. The maximum Gasteiger partial charge on any atom is 0.147 e. The van der Waals surface area contributed by atoms with E-state index in [4.69, 9.17) is 23.2 Å². The van der Waals surface area contributed by atoms with Gasteiger partial charge in [0, 0.05) is 23.7 Å². The van der Waals surface area contributed by atoms with Crippen LogP contribution in [0.4, 0.5) is 5.82 Å². The van der Waals surface area contributed by atoms with Crippen molar-refractivity contribution in [1.82, 2.24) is 4.98 Å². The Kier molecular flexibility index (Phi) is 2.72. The first kappa shape index (κ1) is 10.7. The molecule has 2 atom stereocenters. The Balaban J connectivity index is 1.94. The first-order valence-corrected chi connectivity index (χ1v) is 6.60. The molecule has 2 bridgehead atoms. The van der Waals surface area contributed by atoms with Crippen molar-refractivity contribution in [1.29, 1.82) is 0 Å². The van der Waals surface area contributed by atoms with E-state index in [1.165, 1.54) is 12.8 Å². The third-order valence-electron chi connectivity index (χ3n) is 3.66. The van der Waals surface area contributed by atoms with Gasteiger partial charge >= 0.3 is 0 Å². The third-order valence-corrected chi connectivity index (χ3v) is 4.31. The van der Waals surface area contributed by atoms with Crippen LogP contribution < -0.4 is 4.90 Å². The van der Waals surface area contributed by atoms with Crippen LogP contribution in [-0.2, 0) is 0 Å². The van der Waals surface area contributed by atoms with Crippen LogP contribution in [0.1, 0.15) is 25.7 Å². The summed E-state index contributed by atoms with van der Waals surface area (Å²) in [5, 5.41) is 1.09. The highest BCUT2D eigenvalue weighted by Crippen LogP contribution is 2.41. The molecule has 2 aliphatic rings. The minimum atomic E-state index is 0.330. The fourth-order valence-corrected chi connectivity index (χ4v) is 3.65. The maximum atomic E-state index is 6.26. The zero-order valence-electron chi connectivity index (χ0n) is 8.94. The van der Waals surface area contributed by atoms with Crippen LogP contribution in [0.2, 0.25) is 5.02 Å². The lowest BCUT2D eigenvalue weighted by Gasteiger charge is -2.38. The van der Waals surface area contributed by atoms with E-state index in [0.29, 0.717) is 17.5 Å². The van der Waals surface area contributed by atoms with Crippen molar-refractivity contribution < 1.29 is 0 Å². The van der Waals surface area contributed by atoms with E-state index in [-0.39, 0.29) is 0 Å². The number of rotatable bonds is 1. The second-order valence-electron chi connectivity index (χ2n) is 4.67. The molecular formula is C12H14Cl2N2. The molecule has 0 spiro atoms. The van der Waals surface area contributed by atoms with Gasteiger partial charge in [0.05, 0.1) is 5.02 Å². The van der Waals surface area contributed by atoms with Crippen LogP contribution in [0.3, 0.4) is 0 Å². The summed E-state index contributed by atoms with van der Waals surface area (Å²) in [6.07, 6.45) is 6.38. The number of hydrogen-bond acceptors (Lipinski definition) is 2. The first-order chi connectivity index (χ1) is 7.75. The average molecular weight is 257 g/mol. The van der Waals surface area contributed by atoms with Gasteiger partial charge in [0.2, 0.25) is 0 Å². The van der Waals surface area contributed by atoms with Crippen molar-refractivity contribution in [2.24, 2.45) is 0 Å². The molecule has 0 N–H and O–H groups in total. The fourth-order valence-electron chi connectivity index (χ4n) is 3.02. The van der Waals surface area contributed by atoms with Crippen LogP contribution in [-0.4, -0.2) is 22.4 Å². The molecule has 2 nitrogen and oxygen atoms in total. The van der Waals surface area contributed by atoms with Crippen molar-refractivity contribution in [3.8, 4) is 0 Å². The van der Waals surface area contributed by atoms with E-state index >= 15 is 0 Å². The monoisotopic (exact) mass is 256 g/mol. The lowest BCUT2D eigenvalue weighted by Crippen LogP contribution is -2.44. The van der Waals surface area contributed by atoms with Gasteiger partial charge < -0.3 is 4.90 Å². The number of piperidine rings is 1. The number of alkyl halides is 1. The SMILES string of the molecule is Clc1cccnc1N1C2CCC1CC(Cl)C2. The second kappa shape index (κ2) is 4.08. The summed E-state index contributed by atoms with van der Waals surface area (Å²) in [5.74, 6) is 0.945. The third kappa shape index (κ3) is 1.68. The molecule has 2 aliphatic heterocycles. The quantitative estimate of drug-likeness (QED) is 0.716. The van der Waals surface area contributed by atoms with Gasteiger partial charge in [0.1, 0.15) is 5.82 Å². The molecule has 1 aromatic heterocycles. The van der Waals surface area contributed by atoms with Gasteiger partial charge in [-0.15, -0.1) is 11.6 Å². The van der Waals surface area contributed by atoms with Crippen molar-refractivity contribution in [2.75, 3.05) is 4.90 Å². The average Bonchev–Trinajstić information content (AvgIpc) is 2.53. The van der Waals surface area contributed by atoms with Gasteiger partial charge in [-0.05, 0) is 37.8 Å². The predicted molar refractivity (Wildman–Crippen MR) is 67.4 cm³/mol. The van der Waals surface area contributed by atoms with Crippen LogP contribution in [0.25, 0.3) is 0 Å². The predicted octanol–water partition coefficient (Wildman–Crippen LogP) is 3.47. The molecule has 0 amide bonds. The number of anilines is 1. The Morgan fingerprint density at radius 2 is 1.94 bits per heavy atom. The molecule has 16 heavy (non-hydrogen) atoms. The maximum absolute atomic E-state index is 6.26. The summed E-state index contributed by atoms with van der Waals surface area (Å²) in [4.78, 5) is 6.81. The van der Waals surface area contributed by atoms with Crippen molar-refractivity contribution in [3.63, 3.8) is 0 Å². The number of fused-ring (bicyclic) bond motifs is 2. The Morgan fingerprint density at radius 1 is 1.25 bits per heavy atom. The minimum Gasteiger partial charge on any atom is -0.349 e. The topological polar surface area (TPSA) is 16.1 Å². The van der Waals surface area contributed by atoms with E-state index in [1.807, 2.05) is 18.3 Å². The Bertz CT molecular complexity index is 382. The fraction of sp³-hybridized carbons (Fsp3) is 0.583. The molecule has 1 aromatic rings. The molecule has 2 saturated heterocycles. The molecule has 0 aromatic carbocycles. The summed E-state index contributed by atoms with van der Waals surface area (Å²) >= 11 is 12.5. The molecule has 2 unspecified atom stereocenters. The Labute approximate surface area is 106 Å². The van der Waals surface area contributed by atoms with Crippen LogP contribution in [0.15, 0.2) is 18.3 Å². The van der Waals surface area contributed by atoms with Crippen LogP contribution >= 0.6 is 23.2 Å². The lowest BCUT2D eigenvalue weighted by atomic mass is 10.0. The Hall–Kier alpha value is -0.470. The molecule has 0 saturated carbocycles. The zero-order valence-corrected chi connectivity index (χ0v) is 10.5. The van der Waals surface area contributed by atoms with Crippen molar-refractivity contribution in [2.45, 2.75) is 43.1 Å². The van der Waals surface area contributed by atoms with E-state index < -0.39 is 0 Å².